The topological polar surface area (TPSA) is 53.5 Å². The molecule has 5 nitrogen and oxygen atoms in total. The fraction of sp³-hybridized carbons (Fsp3) is 0.769. The molecule has 2 aliphatic heterocycles. The first-order chi connectivity index (χ1) is 9.98. The molecule has 2 fully saturated rings. The highest BCUT2D eigenvalue weighted by molar-refractivity contribution is 7.91. The SMILES string of the molecule is Cc1nc(Cl)sc1S(=O)(=O)N1CCC(N2CCCC2)CC1. The Balaban J connectivity index is 1.69. The molecule has 8 heteroatoms. The summed E-state index contributed by atoms with van der Waals surface area (Å²) in [5.41, 5.74) is 0.506. The summed E-state index contributed by atoms with van der Waals surface area (Å²) in [6.07, 6.45) is 4.39. The summed E-state index contributed by atoms with van der Waals surface area (Å²) in [4.78, 5) is 6.53. The van der Waals surface area contributed by atoms with Crippen LogP contribution in [-0.2, 0) is 10.0 Å². The van der Waals surface area contributed by atoms with Gasteiger partial charge in [0.2, 0.25) is 0 Å². The molecule has 21 heavy (non-hydrogen) atoms. The summed E-state index contributed by atoms with van der Waals surface area (Å²) in [6, 6.07) is 0.546. The highest BCUT2D eigenvalue weighted by Gasteiger charge is 2.34. The van der Waals surface area contributed by atoms with E-state index < -0.39 is 10.0 Å². The Bertz CT molecular complexity index is 603. The predicted molar refractivity (Wildman–Crippen MR) is 84.4 cm³/mol. The van der Waals surface area contributed by atoms with Crippen molar-refractivity contribution in [2.45, 2.75) is 42.9 Å². The largest absolute Gasteiger partial charge is 0.300 e. The Morgan fingerprint density at radius 3 is 2.33 bits per heavy atom. The number of rotatable bonds is 3. The van der Waals surface area contributed by atoms with Gasteiger partial charge in [-0.2, -0.15) is 4.31 Å². The van der Waals surface area contributed by atoms with Crippen molar-refractivity contribution in [3.63, 3.8) is 0 Å². The lowest BCUT2D eigenvalue weighted by molar-refractivity contribution is 0.168. The average molecular weight is 350 g/mol. The van der Waals surface area contributed by atoms with Crippen LogP contribution in [0.2, 0.25) is 4.47 Å². The van der Waals surface area contributed by atoms with E-state index in [0.717, 1.165) is 24.2 Å². The van der Waals surface area contributed by atoms with Crippen LogP contribution in [0.4, 0.5) is 0 Å². The quantitative estimate of drug-likeness (QED) is 0.840. The van der Waals surface area contributed by atoms with E-state index in [-0.39, 0.29) is 4.47 Å². The van der Waals surface area contributed by atoms with E-state index in [2.05, 4.69) is 9.88 Å². The first kappa shape index (κ1) is 15.7. The number of likely N-dealkylation sites (tertiary alicyclic amines) is 1. The smallest absolute Gasteiger partial charge is 0.254 e. The second-order valence-corrected chi connectivity index (χ2v) is 9.43. The van der Waals surface area contributed by atoms with E-state index in [1.807, 2.05) is 0 Å². The van der Waals surface area contributed by atoms with Crippen molar-refractivity contribution in [3.05, 3.63) is 10.2 Å². The molecule has 2 saturated heterocycles. The van der Waals surface area contributed by atoms with Crippen molar-refractivity contribution in [2.24, 2.45) is 0 Å². The van der Waals surface area contributed by atoms with Gasteiger partial charge in [0.1, 0.15) is 0 Å². The summed E-state index contributed by atoms with van der Waals surface area (Å²) in [5, 5.41) is 0. The Labute approximate surface area is 135 Å². The molecule has 0 unspecified atom stereocenters. The molecule has 3 rings (SSSR count). The lowest BCUT2D eigenvalue weighted by atomic mass is 10.1. The third kappa shape index (κ3) is 3.12. The number of aromatic nitrogens is 1. The van der Waals surface area contributed by atoms with E-state index >= 15 is 0 Å². The van der Waals surface area contributed by atoms with Crippen LogP contribution in [-0.4, -0.2) is 54.8 Å². The monoisotopic (exact) mass is 349 g/mol. The lowest BCUT2D eigenvalue weighted by Gasteiger charge is -2.35. The van der Waals surface area contributed by atoms with Gasteiger partial charge in [0.25, 0.3) is 10.0 Å². The third-order valence-electron chi connectivity index (χ3n) is 4.38. The summed E-state index contributed by atoms with van der Waals surface area (Å²) >= 11 is 6.89. The highest BCUT2D eigenvalue weighted by Crippen LogP contribution is 2.31. The third-order valence-corrected chi connectivity index (χ3v) is 8.13. The van der Waals surface area contributed by atoms with Gasteiger partial charge in [0.05, 0.1) is 5.69 Å². The van der Waals surface area contributed by atoms with Gasteiger partial charge < -0.3 is 4.90 Å². The number of thiazole rings is 1. The van der Waals surface area contributed by atoms with Gasteiger partial charge in [-0.1, -0.05) is 22.9 Å². The van der Waals surface area contributed by atoms with Crippen molar-refractivity contribution >= 4 is 33.0 Å². The zero-order chi connectivity index (χ0) is 15.0. The maximum Gasteiger partial charge on any atom is 0.254 e. The molecule has 2 aliphatic rings. The number of piperidine rings is 1. The van der Waals surface area contributed by atoms with Gasteiger partial charge in [-0.05, 0) is 45.7 Å². The number of hydrogen-bond acceptors (Lipinski definition) is 5. The van der Waals surface area contributed by atoms with Gasteiger partial charge in [0, 0.05) is 19.1 Å². The average Bonchev–Trinajstić information content (AvgIpc) is 3.09. The zero-order valence-corrected chi connectivity index (χ0v) is 14.5. The fourth-order valence-corrected chi connectivity index (χ4v) is 6.61. The molecule has 0 amide bonds. The van der Waals surface area contributed by atoms with Crippen LogP contribution in [0.25, 0.3) is 0 Å². The predicted octanol–water partition coefficient (Wildman–Crippen LogP) is 2.35. The lowest BCUT2D eigenvalue weighted by Crippen LogP contribution is -2.45. The molecular weight excluding hydrogens is 330 g/mol. The number of sulfonamides is 1. The molecule has 0 saturated carbocycles. The van der Waals surface area contributed by atoms with Crippen molar-refractivity contribution in [1.29, 1.82) is 0 Å². The van der Waals surface area contributed by atoms with Crippen LogP contribution >= 0.6 is 22.9 Å². The Kier molecular flexibility index (Phi) is 4.57. The molecule has 0 aromatic carbocycles. The zero-order valence-electron chi connectivity index (χ0n) is 12.1. The first-order valence-electron chi connectivity index (χ1n) is 7.35. The number of halogens is 1. The van der Waals surface area contributed by atoms with E-state index in [0.29, 0.717) is 29.0 Å². The second kappa shape index (κ2) is 6.12. The molecule has 0 spiro atoms. The van der Waals surface area contributed by atoms with Gasteiger partial charge in [-0.25, -0.2) is 13.4 Å². The van der Waals surface area contributed by atoms with E-state index in [1.165, 1.54) is 25.9 Å². The number of hydrogen-bond donors (Lipinski definition) is 0. The van der Waals surface area contributed by atoms with Crippen molar-refractivity contribution in [1.82, 2.24) is 14.2 Å². The van der Waals surface area contributed by atoms with Gasteiger partial charge in [-0.15, -0.1) is 0 Å². The van der Waals surface area contributed by atoms with Crippen LogP contribution in [0, 0.1) is 6.92 Å². The Morgan fingerprint density at radius 2 is 1.81 bits per heavy atom. The van der Waals surface area contributed by atoms with Crippen LogP contribution in [0.3, 0.4) is 0 Å². The Morgan fingerprint density at radius 1 is 1.19 bits per heavy atom. The highest BCUT2D eigenvalue weighted by atomic mass is 35.5. The number of nitrogens with zero attached hydrogens (tertiary/aromatic N) is 3. The second-order valence-electron chi connectivity index (χ2n) is 5.72. The maximum absolute atomic E-state index is 12.7. The maximum atomic E-state index is 12.7. The molecule has 118 valence electrons. The molecule has 0 atom stereocenters. The van der Waals surface area contributed by atoms with Crippen LogP contribution in [0.1, 0.15) is 31.4 Å². The standard InChI is InChI=1S/C13H20ClN3O2S2/c1-10-12(20-13(14)15-10)21(18,19)17-8-4-11(5-9-17)16-6-2-3-7-16/h11H,2-9H2,1H3. The first-order valence-corrected chi connectivity index (χ1v) is 9.99. The minimum Gasteiger partial charge on any atom is -0.300 e. The minimum atomic E-state index is -3.43. The molecule has 0 N–H and O–H groups in total. The fourth-order valence-electron chi connectivity index (χ4n) is 3.26. The molecular formula is C13H20ClN3O2S2. The van der Waals surface area contributed by atoms with Crippen molar-refractivity contribution < 1.29 is 8.42 Å². The summed E-state index contributed by atoms with van der Waals surface area (Å²) in [7, 11) is -3.43. The molecule has 1 aromatic rings. The van der Waals surface area contributed by atoms with Crippen LogP contribution in [0.15, 0.2) is 4.21 Å². The molecule has 1 aromatic heterocycles. The summed E-state index contributed by atoms with van der Waals surface area (Å²) in [6.45, 7) is 5.23. The van der Waals surface area contributed by atoms with E-state index in [1.54, 1.807) is 11.2 Å². The summed E-state index contributed by atoms with van der Waals surface area (Å²) in [5.74, 6) is 0. The van der Waals surface area contributed by atoms with Gasteiger partial charge >= 0.3 is 0 Å². The van der Waals surface area contributed by atoms with E-state index in [4.69, 9.17) is 11.6 Å². The van der Waals surface area contributed by atoms with Crippen LogP contribution in [0.5, 0.6) is 0 Å². The summed E-state index contributed by atoms with van der Waals surface area (Å²) < 4.78 is 27.5. The molecule has 3 heterocycles. The van der Waals surface area contributed by atoms with Gasteiger partial charge in [0.15, 0.2) is 8.68 Å². The van der Waals surface area contributed by atoms with Crippen molar-refractivity contribution in [3.8, 4) is 0 Å². The molecule has 0 aliphatic carbocycles. The van der Waals surface area contributed by atoms with E-state index in [9.17, 15) is 8.42 Å². The van der Waals surface area contributed by atoms with Crippen molar-refractivity contribution in [2.75, 3.05) is 26.2 Å². The molecule has 0 radical (unpaired) electrons. The van der Waals surface area contributed by atoms with Crippen LogP contribution < -0.4 is 0 Å². The number of aryl methyl sites for hydroxylation is 1. The minimum absolute atomic E-state index is 0.290. The molecule has 0 bridgehead atoms. The van der Waals surface area contributed by atoms with Gasteiger partial charge in [-0.3, -0.25) is 0 Å². The normalized spacial score (nSPS) is 23.0. The Hall–Kier alpha value is -0.210.